The fraction of sp³-hybridized carbons (Fsp3) is 0.538. The van der Waals surface area contributed by atoms with E-state index in [-0.39, 0.29) is 16.2 Å². The third-order valence-corrected chi connectivity index (χ3v) is 4.88. The summed E-state index contributed by atoms with van der Waals surface area (Å²) in [5, 5.41) is 1.02. The van der Waals surface area contributed by atoms with Gasteiger partial charge >= 0.3 is 0 Å². The van der Waals surface area contributed by atoms with Crippen LogP contribution in [0, 0.1) is 11.2 Å². The predicted octanol–water partition coefficient (Wildman–Crippen LogP) is 4.81. The Labute approximate surface area is 114 Å². The molecular weight excluding hydrogens is 306 g/mol. The predicted molar refractivity (Wildman–Crippen MR) is 71.6 cm³/mol. The SMILES string of the molecule is Fc1c(Cl)cccc1OCC1(CBr)CCCC1. The molecule has 0 N–H and O–H groups in total. The Kier molecular flexibility index (Phi) is 4.31. The molecule has 0 bridgehead atoms. The molecule has 1 nitrogen and oxygen atoms in total. The number of halogens is 3. The molecule has 0 radical (unpaired) electrons. The van der Waals surface area contributed by atoms with Crippen LogP contribution in [0.25, 0.3) is 0 Å². The van der Waals surface area contributed by atoms with Crippen molar-refractivity contribution in [3.63, 3.8) is 0 Å². The van der Waals surface area contributed by atoms with Crippen LogP contribution in [0.4, 0.5) is 4.39 Å². The molecule has 0 atom stereocenters. The third-order valence-electron chi connectivity index (χ3n) is 3.40. The average Bonchev–Trinajstić information content (AvgIpc) is 2.81. The quantitative estimate of drug-likeness (QED) is 0.723. The summed E-state index contributed by atoms with van der Waals surface area (Å²) in [6.45, 7) is 0.551. The number of benzene rings is 1. The maximum Gasteiger partial charge on any atom is 0.183 e. The Balaban J connectivity index is 2.04. The Hall–Kier alpha value is -0.280. The van der Waals surface area contributed by atoms with Crippen LogP contribution in [0.1, 0.15) is 25.7 Å². The molecule has 0 spiro atoms. The lowest BCUT2D eigenvalue weighted by molar-refractivity contribution is 0.168. The molecule has 1 aliphatic carbocycles. The summed E-state index contributed by atoms with van der Waals surface area (Å²) in [4.78, 5) is 0. The van der Waals surface area contributed by atoms with E-state index in [1.807, 2.05) is 0 Å². The highest BCUT2D eigenvalue weighted by molar-refractivity contribution is 9.09. The van der Waals surface area contributed by atoms with Gasteiger partial charge in [-0.3, -0.25) is 0 Å². The standard InChI is InChI=1S/C13H15BrClFO/c14-8-13(6-1-2-7-13)9-17-11-5-3-4-10(15)12(11)16/h3-5H,1-2,6-9H2. The molecular formula is C13H15BrClFO. The van der Waals surface area contributed by atoms with E-state index < -0.39 is 5.82 Å². The first-order valence-electron chi connectivity index (χ1n) is 5.80. The Morgan fingerprint density at radius 3 is 2.71 bits per heavy atom. The molecule has 0 amide bonds. The van der Waals surface area contributed by atoms with Gasteiger partial charge in [-0.25, -0.2) is 4.39 Å². The van der Waals surface area contributed by atoms with Gasteiger partial charge in [0, 0.05) is 10.7 Å². The second-order valence-electron chi connectivity index (χ2n) is 4.68. The van der Waals surface area contributed by atoms with Crippen LogP contribution in [0.5, 0.6) is 5.75 Å². The van der Waals surface area contributed by atoms with Crippen molar-refractivity contribution in [2.45, 2.75) is 25.7 Å². The molecule has 1 saturated carbocycles. The largest absolute Gasteiger partial charge is 0.490 e. The minimum Gasteiger partial charge on any atom is -0.490 e. The van der Waals surface area contributed by atoms with Crippen LogP contribution < -0.4 is 4.74 Å². The molecule has 0 unspecified atom stereocenters. The van der Waals surface area contributed by atoms with E-state index >= 15 is 0 Å². The van der Waals surface area contributed by atoms with Crippen molar-refractivity contribution in [2.75, 3.05) is 11.9 Å². The third kappa shape index (κ3) is 2.94. The molecule has 1 fully saturated rings. The average molecular weight is 322 g/mol. The van der Waals surface area contributed by atoms with Crippen LogP contribution in [0.15, 0.2) is 18.2 Å². The summed E-state index contributed by atoms with van der Waals surface area (Å²) in [6, 6.07) is 4.86. The van der Waals surface area contributed by atoms with Crippen molar-refractivity contribution < 1.29 is 9.13 Å². The van der Waals surface area contributed by atoms with Crippen LogP contribution in [-0.2, 0) is 0 Å². The van der Waals surface area contributed by atoms with Gasteiger partial charge in [-0.2, -0.15) is 0 Å². The summed E-state index contributed by atoms with van der Waals surface area (Å²) in [6.07, 6.45) is 4.74. The molecule has 1 aromatic rings. The minimum absolute atomic E-state index is 0.113. The normalized spacial score (nSPS) is 18.3. The summed E-state index contributed by atoms with van der Waals surface area (Å²) < 4.78 is 19.2. The van der Waals surface area contributed by atoms with Gasteiger partial charge in [0.1, 0.15) is 0 Å². The lowest BCUT2D eigenvalue weighted by Crippen LogP contribution is -2.27. The summed E-state index contributed by atoms with van der Waals surface area (Å²) in [5.74, 6) is -0.207. The first kappa shape index (κ1) is 13.2. The molecule has 0 aliphatic heterocycles. The van der Waals surface area contributed by atoms with E-state index in [9.17, 15) is 4.39 Å². The highest BCUT2D eigenvalue weighted by Crippen LogP contribution is 2.40. The van der Waals surface area contributed by atoms with Gasteiger partial charge in [0.05, 0.1) is 11.6 Å². The fourth-order valence-electron chi connectivity index (χ4n) is 2.27. The van der Waals surface area contributed by atoms with Crippen molar-refractivity contribution in [3.8, 4) is 5.75 Å². The van der Waals surface area contributed by atoms with E-state index in [1.54, 1.807) is 12.1 Å². The van der Waals surface area contributed by atoms with E-state index in [2.05, 4.69) is 15.9 Å². The van der Waals surface area contributed by atoms with Gasteiger partial charge in [-0.05, 0) is 25.0 Å². The minimum atomic E-state index is -0.461. The topological polar surface area (TPSA) is 9.23 Å². The van der Waals surface area contributed by atoms with E-state index in [0.29, 0.717) is 6.61 Å². The highest BCUT2D eigenvalue weighted by Gasteiger charge is 2.33. The summed E-state index contributed by atoms with van der Waals surface area (Å²) in [5.41, 5.74) is 0.161. The maximum absolute atomic E-state index is 13.6. The van der Waals surface area contributed by atoms with Gasteiger partial charge in [0.2, 0.25) is 0 Å². The lowest BCUT2D eigenvalue weighted by atomic mass is 9.90. The molecule has 0 saturated heterocycles. The van der Waals surface area contributed by atoms with Crippen molar-refractivity contribution in [2.24, 2.45) is 5.41 Å². The molecule has 1 aromatic carbocycles. The highest BCUT2D eigenvalue weighted by atomic mass is 79.9. The van der Waals surface area contributed by atoms with Crippen LogP contribution in [0.3, 0.4) is 0 Å². The molecule has 17 heavy (non-hydrogen) atoms. The van der Waals surface area contributed by atoms with Crippen molar-refractivity contribution in [1.29, 1.82) is 0 Å². The molecule has 0 heterocycles. The number of rotatable bonds is 4. The van der Waals surface area contributed by atoms with Gasteiger partial charge < -0.3 is 4.74 Å². The van der Waals surface area contributed by atoms with Crippen LogP contribution in [0.2, 0.25) is 5.02 Å². The number of hydrogen-bond donors (Lipinski definition) is 0. The van der Waals surface area contributed by atoms with Gasteiger partial charge in [-0.15, -0.1) is 0 Å². The van der Waals surface area contributed by atoms with Crippen LogP contribution >= 0.6 is 27.5 Å². The smallest absolute Gasteiger partial charge is 0.183 e. The number of ether oxygens (including phenoxy) is 1. The zero-order valence-corrected chi connectivity index (χ0v) is 11.9. The second kappa shape index (κ2) is 5.57. The van der Waals surface area contributed by atoms with Gasteiger partial charge in [-0.1, -0.05) is 46.4 Å². The number of hydrogen-bond acceptors (Lipinski definition) is 1. The lowest BCUT2D eigenvalue weighted by Gasteiger charge is -2.26. The molecule has 94 valence electrons. The molecule has 1 aliphatic rings. The second-order valence-corrected chi connectivity index (χ2v) is 5.65. The first-order valence-corrected chi connectivity index (χ1v) is 7.30. The number of alkyl halides is 1. The Morgan fingerprint density at radius 2 is 2.06 bits per heavy atom. The maximum atomic E-state index is 13.6. The van der Waals surface area contributed by atoms with Gasteiger partial charge in [0.25, 0.3) is 0 Å². The summed E-state index contributed by atoms with van der Waals surface area (Å²) >= 11 is 9.25. The van der Waals surface area contributed by atoms with Crippen molar-refractivity contribution in [1.82, 2.24) is 0 Å². The van der Waals surface area contributed by atoms with Crippen LogP contribution in [-0.4, -0.2) is 11.9 Å². The first-order chi connectivity index (χ1) is 8.17. The zero-order valence-electron chi connectivity index (χ0n) is 9.52. The zero-order chi connectivity index (χ0) is 12.3. The molecule has 4 heteroatoms. The van der Waals surface area contributed by atoms with Crippen molar-refractivity contribution in [3.05, 3.63) is 29.0 Å². The van der Waals surface area contributed by atoms with E-state index in [1.165, 1.54) is 18.9 Å². The Bertz CT molecular complexity index is 391. The van der Waals surface area contributed by atoms with Crippen molar-refractivity contribution >= 4 is 27.5 Å². The summed E-state index contributed by atoms with van der Waals surface area (Å²) in [7, 11) is 0. The van der Waals surface area contributed by atoms with Gasteiger partial charge in [0.15, 0.2) is 11.6 Å². The van der Waals surface area contributed by atoms with E-state index in [0.717, 1.165) is 18.2 Å². The van der Waals surface area contributed by atoms with E-state index in [4.69, 9.17) is 16.3 Å². The molecule has 0 aromatic heterocycles. The fourth-order valence-corrected chi connectivity index (χ4v) is 3.16. The Morgan fingerprint density at radius 1 is 1.35 bits per heavy atom. The molecule has 2 rings (SSSR count). The monoisotopic (exact) mass is 320 g/mol.